The SMILES string of the molecule is CCN(c1c(C)cccc1C)C(CNS(=O)(=O)c1ccccc1)c1ccccc1. The summed E-state index contributed by atoms with van der Waals surface area (Å²) in [6, 6.07) is 24.7. The van der Waals surface area contributed by atoms with Gasteiger partial charge in [0, 0.05) is 18.8 Å². The van der Waals surface area contributed by atoms with Crippen molar-refractivity contribution in [1.82, 2.24) is 4.72 Å². The third kappa shape index (κ3) is 4.86. The zero-order valence-corrected chi connectivity index (χ0v) is 18.0. The van der Waals surface area contributed by atoms with E-state index >= 15 is 0 Å². The van der Waals surface area contributed by atoms with Gasteiger partial charge in [0.05, 0.1) is 10.9 Å². The highest BCUT2D eigenvalue weighted by Gasteiger charge is 2.24. The third-order valence-electron chi connectivity index (χ3n) is 5.15. The molecule has 0 spiro atoms. The molecule has 0 saturated carbocycles. The molecule has 0 aliphatic carbocycles. The number of hydrogen-bond acceptors (Lipinski definition) is 3. The minimum atomic E-state index is -3.58. The maximum absolute atomic E-state index is 12.8. The van der Waals surface area contributed by atoms with E-state index in [1.54, 1.807) is 24.3 Å². The molecule has 0 amide bonds. The molecule has 1 atom stereocenters. The molecule has 5 heteroatoms. The summed E-state index contributed by atoms with van der Waals surface area (Å²) in [5, 5.41) is 0. The van der Waals surface area contributed by atoms with Crippen molar-refractivity contribution in [2.45, 2.75) is 31.7 Å². The quantitative estimate of drug-likeness (QED) is 0.580. The van der Waals surface area contributed by atoms with Gasteiger partial charge in [0.15, 0.2) is 0 Å². The Morgan fingerprint density at radius 1 is 0.828 bits per heavy atom. The van der Waals surface area contributed by atoms with E-state index in [2.05, 4.69) is 60.7 Å². The van der Waals surface area contributed by atoms with Crippen LogP contribution in [0.3, 0.4) is 0 Å². The average molecular weight is 409 g/mol. The standard InChI is InChI=1S/C24H28N2O2S/c1-4-26(24-19(2)12-11-13-20(24)3)23(21-14-7-5-8-15-21)18-25-29(27,28)22-16-9-6-10-17-22/h5-17,23,25H,4,18H2,1-3H3. The lowest BCUT2D eigenvalue weighted by atomic mass is 10.0. The van der Waals surface area contributed by atoms with Gasteiger partial charge in [0.2, 0.25) is 10.0 Å². The van der Waals surface area contributed by atoms with Crippen LogP contribution in [0.5, 0.6) is 0 Å². The van der Waals surface area contributed by atoms with Crippen molar-refractivity contribution >= 4 is 15.7 Å². The van der Waals surface area contributed by atoms with Crippen LogP contribution in [0, 0.1) is 13.8 Å². The minimum absolute atomic E-state index is 0.125. The number of benzene rings is 3. The van der Waals surface area contributed by atoms with Crippen LogP contribution in [0.25, 0.3) is 0 Å². The Morgan fingerprint density at radius 3 is 1.93 bits per heavy atom. The van der Waals surface area contributed by atoms with Crippen LogP contribution in [0.1, 0.15) is 29.7 Å². The first-order chi connectivity index (χ1) is 13.9. The van der Waals surface area contributed by atoms with Crippen LogP contribution in [-0.2, 0) is 10.0 Å². The number of nitrogens with one attached hydrogen (secondary N) is 1. The number of rotatable bonds is 8. The Labute approximate surface area is 174 Å². The molecule has 29 heavy (non-hydrogen) atoms. The molecule has 152 valence electrons. The van der Waals surface area contributed by atoms with Crippen molar-refractivity contribution < 1.29 is 8.42 Å². The minimum Gasteiger partial charge on any atom is -0.363 e. The zero-order valence-electron chi connectivity index (χ0n) is 17.2. The molecule has 0 bridgehead atoms. The Morgan fingerprint density at radius 2 is 1.38 bits per heavy atom. The number of anilines is 1. The van der Waals surface area contributed by atoms with Gasteiger partial charge in [0.25, 0.3) is 0 Å². The van der Waals surface area contributed by atoms with E-state index in [0.29, 0.717) is 0 Å². The summed E-state index contributed by atoms with van der Waals surface area (Å²) in [6.07, 6.45) is 0. The molecule has 1 unspecified atom stereocenters. The second-order valence-electron chi connectivity index (χ2n) is 7.12. The van der Waals surface area contributed by atoms with Gasteiger partial charge in [-0.2, -0.15) is 0 Å². The fraction of sp³-hybridized carbons (Fsp3) is 0.250. The van der Waals surface area contributed by atoms with Crippen molar-refractivity contribution in [2.75, 3.05) is 18.0 Å². The molecule has 0 heterocycles. The van der Waals surface area contributed by atoms with Crippen LogP contribution in [-0.4, -0.2) is 21.5 Å². The topological polar surface area (TPSA) is 49.4 Å². The lowest BCUT2D eigenvalue weighted by molar-refractivity contribution is 0.561. The van der Waals surface area contributed by atoms with Crippen LogP contribution >= 0.6 is 0 Å². The molecule has 0 aliphatic heterocycles. The largest absolute Gasteiger partial charge is 0.363 e. The molecule has 3 aromatic rings. The fourth-order valence-corrected chi connectivity index (χ4v) is 4.81. The predicted molar refractivity (Wildman–Crippen MR) is 120 cm³/mol. The maximum atomic E-state index is 12.8. The van der Waals surface area contributed by atoms with E-state index in [9.17, 15) is 8.42 Å². The summed E-state index contributed by atoms with van der Waals surface area (Å²) in [5.74, 6) is 0. The zero-order chi connectivity index (χ0) is 20.9. The van der Waals surface area contributed by atoms with Crippen molar-refractivity contribution in [3.05, 3.63) is 95.6 Å². The van der Waals surface area contributed by atoms with Gasteiger partial charge >= 0.3 is 0 Å². The van der Waals surface area contributed by atoms with Gasteiger partial charge in [0.1, 0.15) is 0 Å². The number of nitrogens with zero attached hydrogens (tertiary/aromatic N) is 1. The average Bonchev–Trinajstić information content (AvgIpc) is 2.73. The van der Waals surface area contributed by atoms with Crippen LogP contribution in [0.2, 0.25) is 0 Å². The molecule has 0 fully saturated rings. The van der Waals surface area contributed by atoms with Crippen molar-refractivity contribution in [1.29, 1.82) is 0 Å². The van der Waals surface area contributed by atoms with E-state index in [0.717, 1.165) is 17.8 Å². The number of likely N-dealkylation sites (N-methyl/N-ethyl adjacent to an activating group) is 1. The van der Waals surface area contributed by atoms with E-state index in [1.165, 1.54) is 11.1 Å². The number of para-hydroxylation sites is 1. The monoisotopic (exact) mass is 408 g/mol. The summed E-state index contributed by atoms with van der Waals surface area (Å²) in [4.78, 5) is 2.56. The molecule has 0 saturated heterocycles. The normalized spacial score (nSPS) is 12.5. The predicted octanol–water partition coefficient (Wildman–Crippen LogP) is 4.85. The lowest BCUT2D eigenvalue weighted by Gasteiger charge is -2.35. The summed E-state index contributed by atoms with van der Waals surface area (Å²) in [7, 11) is -3.58. The van der Waals surface area contributed by atoms with E-state index in [1.807, 2.05) is 24.3 Å². The molecular weight excluding hydrogens is 380 g/mol. The van der Waals surface area contributed by atoms with E-state index in [-0.39, 0.29) is 17.5 Å². The van der Waals surface area contributed by atoms with E-state index in [4.69, 9.17) is 0 Å². The number of sulfonamides is 1. The second kappa shape index (κ2) is 9.25. The summed E-state index contributed by atoms with van der Waals surface area (Å²) in [6.45, 7) is 7.34. The highest BCUT2D eigenvalue weighted by atomic mass is 32.2. The van der Waals surface area contributed by atoms with E-state index < -0.39 is 10.0 Å². The van der Waals surface area contributed by atoms with Gasteiger partial charge in [-0.1, -0.05) is 66.7 Å². The van der Waals surface area contributed by atoms with Crippen molar-refractivity contribution in [3.63, 3.8) is 0 Å². The van der Waals surface area contributed by atoms with Crippen LogP contribution in [0.15, 0.2) is 83.8 Å². The molecule has 1 N–H and O–H groups in total. The van der Waals surface area contributed by atoms with Gasteiger partial charge in [-0.25, -0.2) is 13.1 Å². The van der Waals surface area contributed by atoms with Crippen LogP contribution in [0.4, 0.5) is 5.69 Å². The van der Waals surface area contributed by atoms with Gasteiger partial charge in [-0.3, -0.25) is 0 Å². The molecule has 3 aromatic carbocycles. The Hall–Kier alpha value is -2.63. The molecule has 3 rings (SSSR count). The Bertz CT molecular complexity index is 1010. The number of hydrogen-bond donors (Lipinski definition) is 1. The van der Waals surface area contributed by atoms with Crippen molar-refractivity contribution in [3.8, 4) is 0 Å². The molecule has 0 aliphatic rings. The smallest absolute Gasteiger partial charge is 0.240 e. The fourth-order valence-electron chi connectivity index (χ4n) is 3.75. The summed E-state index contributed by atoms with van der Waals surface area (Å²) >= 11 is 0. The molecular formula is C24H28N2O2S. The lowest BCUT2D eigenvalue weighted by Crippen LogP contribution is -2.38. The van der Waals surface area contributed by atoms with Crippen LogP contribution < -0.4 is 9.62 Å². The van der Waals surface area contributed by atoms with Gasteiger partial charge in [-0.15, -0.1) is 0 Å². The first-order valence-corrected chi connectivity index (χ1v) is 11.3. The molecule has 0 radical (unpaired) electrons. The third-order valence-corrected chi connectivity index (χ3v) is 6.59. The Kier molecular flexibility index (Phi) is 6.72. The second-order valence-corrected chi connectivity index (χ2v) is 8.88. The first-order valence-electron chi connectivity index (χ1n) is 9.86. The highest BCUT2D eigenvalue weighted by Crippen LogP contribution is 2.32. The van der Waals surface area contributed by atoms with Crippen molar-refractivity contribution in [2.24, 2.45) is 0 Å². The first kappa shape index (κ1) is 21.1. The molecule has 0 aromatic heterocycles. The van der Waals surface area contributed by atoms with Gasteiger partial charge < -0.3 is 4.90 Å². The number of aryl methyl sites for hydroxylation is 2. The Balaban J connectivity index is 1.97. The summed E-state index contributed by atoms with van der Waals surface area (Å²) < 4.78 is 28.5. The highest BCUT2D eigenvalue weighted by molar-refractivity contribution is 7.89. The maximum Gasteiger partial charge on any atom is 0.240 e. The molecule has 4 nitrogen and oxygen atoms in total. The summed E-state index contributed by atoms with van der Waals surface area (Å²) in [5.41, 5.74) is 4.59. The van der Waals surface area contributed by atoms with Gasteiger partial charge in [-0.05, 0) is 49.6 Å².